The van der Waals surface area contributed by atoms with Gasteiger partial charge < -0.3 is 8.83 Å². The molecule has 0 unspecified atom stereocenters. The third-order valence-corrected chi connectivity index (χ3v) is 9.45. The molecular formula is C48H28O2. The fraction of sp³-hybridized carbons (Fsp3) is 0. The van der Waals surface area contributed by atoms with Gasteiger partial charge in [-0.15, -0.1) is 0 Å². The third kappa shape index (κ3) is 3.96. The Hall–Kier alpha value is -6.64. The highest BCUT2D eigenvalue weighted by Crippen LogP contribution is 2.46. The van der Waals surface area contributed by atoms with Gasteiger partial charge in [-0.3, -0.25) is 0 Å². The maximum Gasteiger partial charge on any atom is 0.136 e. The first-order chi connectivity index (χ1) is 31.0. The molecule has 2 heterocycles. The van der Waals surface area contributed by atoms with E-state index in [4.69, 9.17) is 22.5 Å². The highest BCUT2D eigenvalue weighted by Gasteiger charge is 2.20. The molecule has 2 aromatic heterocycles. The van der Waals surface area contributed by atoms with E-state index in [9.17, 15) is 6.85 Å². The molecule has 0 saturated heterocycles. The Balaban J connectivity index is 1.27. The SMILES string of the molecule is [2H]c1c([2H])c([2H])c2c(-c3c4c([2H])c([2H])c([2H])c([2H])c4c(-c4ccc5c(c4)oc4cc6c(-c7ccc8ccccc8c7)coc6cc45)c4c([2H])c([2H])c([2H])c([2H])c34)c([2H])c([2H])c([2H])c2c1[2H]. The van der Waals surface area contributed by atoms with Gasteiger partial charge >= 0.3 is 0 Å². The Morgan fingerprint density at radius 3 is 1.82 bits per heavy atom. The van der Waals surface area contributed by atoms with Crippen molar-refractivity contribution in [1.82, 2.24) is 0 Å². The second-order valence-corrected chi connectivity index (χ2v) is 12.1. The molecule has 0 bridgehead atoms. The molecule has 2 nitrogen and oxygen atoms in total. The molecule has 0 amide bonds. The lowest BCUT2D eigenvalue weighted by Crippen LogP contribution is -1.91. The number of rotatable bonds is 3. The molecule has 232 valence electrons. The van der Waals surface area contributed by atoms with Crippen molar-refractivity contribution in [3.63, 3.8) is 0 Å². The van der Waals surface area contributed by atoms with Crippen molar-refractivity contribution in [1.29, 1.82) is 0 Å². The second-order valence-electron chi connectivity index (χ2n) is 12.1. The first-order valence-electron chi connectivity index (χ1n) is 23.3. The fourth-order valence-corrected chi connectivity index (χ4v) is 7.20. The minimum absolute atomic E-state index is 0.0200. The first-order valence-corrected chi connectivity index (χ1v) is 15.8. The van der Waals surface area contributed by atoms with Crippen LogP contribution < -0.4 is 0 Å². The Kier molecular flexibility index (Phi) is 3.47. The van der Waals surface area contributed by atoms with E-state index in [0.29, 0.717) is 27.5 Å². The van der Waals surface area contributed by atoms with Crippen LogP contribution in [-0.4, -0.2) is 0 Å². The van der Waals surface area contributed by atoms with Crippen LogP contribution in [0.15, 0.2) is 179 Å². The van der Waals surface area contributed by atoms with Crippen molar-refractivity contribution in [3.8, 4) is 33.4 Å². The van der Waals surface area contributed by atoms with Crippen LogP contribution in [0.2, 0.25) is 0 Å². The van der Waals surface area contributed by atoms with Crippen molar-refractivity contribution >= 4 is 76.0 Å². The van der Waals surface area contributed by atoms with Crippen molar-refractivity contribution in [2.24, 2.45) is 0 Å². The number of hydrogen-bond donors (Lipinski definition) is 0. The van der Waals surface area contributed by atoms with Gasteiger partial charge in [0.1, 0.15) is 16.7 Å². The maximum absolute atomic E-state index is 9.40. The molecule has 9 aromatic carbocycles. The summed E-state index contributed by atoms with van der Waals surface area (Å²) in [7, 11) is 0. The van der Waals surface area contributed by atoms with E-state index in [2.05, 4.69) is 6.07 Å². The minimum atomic E-state index is -0.767. The molecule has 0 atom stereocenters. The average molecular weight is 652 g/mol. The predicted octanol–water partition coefficient (Wildman–Crippen LogP) is 13.9. The second kappa shape index (κ2) is 10.4. The van der Waals surface area contributed by atoms with Crippen LogP contribution in [0.4, 0.5) is 0 Å². The zero-order chi connectivity index (χ0) is 45.8. The molecule has 2 heteroatoms. The van der Waals surface area contributed by atoms with Gasteiger partial charge in [-0.1, -0.05) is 133 Å². The van der Waals surface area contributed by atoms with Gasteiger partial charge in [0.15, 0.2) is 0 Å². The minimum Gasteiger partial charge on any atom is -0.464 e. The van der Waals surface area contributed by atoms with Gasteiger partial charge in [0.2, 0.25) is 0 Å². The zero-order valence-corrected chi connectivity index (χ0v) is 25.8. The summed E-state index contributed by atoms with van der Waals surface area (Å²) >= 11 is 0. The van der Waals surface area contributed by atoms with Crippen molar-refractivity contribution in [3.05, 3.63) is 170 Å². The topological polar surface area (TPSA) is 26.3 Å². The lowest BCUT2D eigenvalue weighted by atomic mass is 9.84. The normalized spacial score (nSPS) is 16.2. The summed E-state index contributed by atoms with van der Waals surface area (Å²) in [6.45, 7) is 0. The Labute approximate surface area is 308 Å². The van der Waals surface area contributed by atoms with Crippen LogP contribution in [0.3, 0.4) is 0 Å². The Bertz CT molecular complexity index is 3930. The molecule has 0 fully saturated rings. The van der Waals surface area contributed by atoms with Gasteiger partial charge in [0.05, 0.1) is 26.8 Å². The van der Waals surface area contributed by atoms with Crippen molar-refractivity contribution < 1.29 is 29.4 Å². The van der Waals surface area contributed by atoms with Crippen LogP contribution in [0.1, 0.15) is 20.6 Å². The van der Waals surface area contributed by atoms with Crippen LogP contribution in [0.25, 0.3) is 109 Å². The Morgan fingerprint density at radius 2 is 1.02 bits per heavy atom. The van der Waals surface area contributed by atoms with Crippen LogP contribution in [-0.2, 0) is 0 Å². The molecule has 11 aromatic rings. The number of benzene rings is 9. The van der Waals surface area contributed by atoms with Gasteiger partial charge in [0, 0.05) is 21.7 Å². The van der Waals surface area contributed by atoms with E-state index >= 15 is 0 Å². The summed E-state index contributed by atoms with van der Waals surface area (Å²) in [6, 6.07) is 12.5. The first kappa shape index (κ1) is 16.6. The van der Waals surface area contributed by atoms with Crippen LogP contribution >= 0.6 is 0 Å². The summed E-state index contributed by atoms with van der Waals surface area (Å²) in [5.74, 6) is 0. The lowest BCUT2D eigenvalue weighted by Gasteiger charge is -2.18. The van der Waals surface area contributed by atoms with Crippen LogP contribution in [0.5, 0.6) is 0 Å². The predicted molar refractivity (Wildman–Crippen MR) is 210 cm³/mol. The van der Waals surface area contributed by atoms with E-state index in [1.807, 2.05) is 48.5 Å². The molecule has 11 rings (SSSR count). The highest BCUT2D eigenvalue weighted by atomic mass is 16.3. The molecule has 0 aliphatic carbocycles. The number of hydrogen-bond acceptors (Lipinski definition) is 2. The molecule has 0 aliphatic rings. The zero-order valence-electron chi connectivity index (χ0n) is 40.8. The molecule has 0 saturated carbocycles. The smallest absolute Gasteiger partial charge is 0.136 e. The fourth-order valence-electron chi connectivity index (χ4n) is 7.20. The van der Waals surface area contributed by atoms with Crippen molar-refractivity contribution in [2.45, 2.75) is 0 Å². The number of fused-ring (bicyclic) bond motifs is 8. The summed E-state index contributed by atoms with van der Waals surface area (Å²) in [4.78, 5) is 0. The monoisotopic (exact) mass is 651 g/mol. The van der Waals surface area contributed by atoms with E-state index in [1.54, 1.807) is 24.5 Å². The standard InChI is InChI=1S/C48H28O2/c1-2-12-31-24-32(21-20-29(31)10-1)43-28-49-44-26-41-35-23-22-33(25-45(35)50-46(41)27-42(43)44)47-37-15-5-7-17-39(37)48(40-18-8-6-16-38(40)47)36-19-9-13-30-11-3-4-14-34(30)36/h1-28H/i3D,4D,5D,6D,7D,8D,9D,11D,13D,14D,15D,16D,17D,18D,19D. The van der Waals surface area contributed by atoms with Crippen LogP contribution in [0, 0.1) is 0 Å². The summed E-state index contributed by atoms with van der Waals surface area (Å²) in [5.41, 5.74) is 2.64. The van der Waals surface area contributed by atoms with Crippen molar-refractivity contribution in [2.75, 3.05) is 0 Å². The molecule has 50 heavy (non-hydrogen) atoms. The van der Waals surface area contributed by atoms with E-state index in [0.717, 1.165) is 27.3 Å². The molecule has 0 N–H and O–H groups in total. The Morgan fingerprint density at radius 1 is 0.380 bits per heavy atom. The van der Waals surface area contributed by atoms with E-state index in [-0.39, 0.29) is 38.2 Å². The third-order valence-electron chi connectivity index (χ3n) is 9.45. The van der Waals surface area contributed by atoms with E-state index < -0.39 is 107 Å². The lowest BCUT2D eigenvalue weighted by molar-refractivity contribution is 0.617. The van der Waals surface area contributed by atoms with Gasteiger partial charge in [0.25, 0.3) is 0 Å². The number of furan rings is 2. The molecular weight excluding hydrogens is 609 g/mol. The van der Waals surface area contributed by atoms with Gasteiger partial charge in [-0.2, -0.15) is 0 Å². The molecule has 0 radical (unpaired) electrons. The highest BCUT2D eigenvalue weighted by molar-refractivity contribution is 6.24. The summed E-state index contributed by atoms with van der Waals surface area (Å²) in [5, 5.41) is 2.37. The largest absolute Gasteiger partial charge is 0.464 e. The van der Waals surface area contributed by atoms with E-state index in [1.165, 1.54) is 0 Å². The average Bonchev–Trinajstić information content (AvgIpc) is 3.89. The van der Waals surface area contributed by atoms with Gasteiger partial charge in [-0.05, 0) is 101 Å². The molecule has 0 aliphatic heterocycles. The quantitative estimate of drug-likeness (QED) is 0.178. The summed E-state index contributed by atoms with van der Waals surface area (Å²) < 4.78 is 147. The molecule has 0 spiro atoms. The maximum atomic E-state index is 9.40. The van der Waals surface area contributed by atoms with Gasteiger partial charge in [-0.25, -0.2) is 0 Å². The summed E-state index contributed by atoms with van der Waals surface area (Å²) in [6.07, 6.45) is 1.70.